The number of carbonyl (C=O) groups is 4. The Balaban J connectivity index is 1.44. The van der Waals surface area contributed by atoms with E-state index in [1.165, 1.54) is 6.08 Å². The lowest BCUT2D eigenvalue weighted by Gasteiger charge is -2.50. The number of carbonyl (C=O) groups excluding carboxylic acids is 4. The van der Waals surface area contributed by atoms with Crippen LogP contribution >= 0.6 is 34.8 Å². The van der Waals surface area contributed by atoms with Crippen LogP contribution in [0.15, 0.2) is 42.0 Å². The Morgan fingerprint density at radius 3 is 1.82 bits per heavy atom. The van der Waals surface area contributed by atoms with Crippen molar-refractivity contribution in [1.82, 2.24) is 0 Å². The summed E-state index contributed by atoms with van der Waals surface area (Å²) in [5.74, 6) is -27.4. The lowest BCUT2D eigenvalue weighted by Crippen LogP contribution is -2.60. The van der Waals surface area contributed by atoms with E-state index in [2.05, 4.69) is 0 Å². The number of phenols is 1. The number of rotatable bonds is 4. The Morgan fingerprint density at radius 1 is 0.754 bits per heavy atom. The molecule has 0 radical (unpaired) electrons. The summed E-state index contributed by atoms with van der Waals surface area (Å²) in [4.78, 5) is 50.4. The Labute approximate surface area is 326 Å². The van der Waals surface area contributed by atoms with E-state index in [1.54, 1.807) is 0 Å². The van der Waals surface area contributed by atoms with Crippen LogP contribution in [0, 0.1) is 46.8 Å². The first-order valence-electron chi connectivity index (χ1n) is 16.0. The number of hydrogen-bond donors (Lipinski definition) is 1. The molecule has 4 amide bonds. The topological polar surface area (TPSA) is 104 Å². The van der Waals surface area contributed by atoms with E-state index in [9.17, 15) is 63.8 Å². The van der Waals surface area contributed by atoms with Crippen LogP contribution in [0.3, 0.4) is 0 Å². The van der Waals surface area contributed by atoms with Crippen LogP contribution < -0.4 is 14.5 Å². The summed E-state index contributed by atoms with van der Waals surface area (Å²) in [6.07, 6.45) is -11.1. The summed E-state index contributed by atoms with van der Waals surface area (Å²) < 4.78 is 161. The van der Waals surface area contributed by atoms with Gasteiger partial charge in [0.15, 0.2) is 44.5 Å². The van der Waals surface area contributed by atoms with Gasteiger partial charge in [-0.15, -0.1) is 23.2 Å². The molecule has 4 aliphatic rings. The van der Waals surface area contributed by atoms with Crippen molar-refractivity contribution < 1.29 is 77.3 Å². The van der Waals surface area contributed by atoms with Gasteiger partial charge in [0.1, 0.15) is 5.69 Å². The van der Waals surface area contributed by atoms with Crippen LogP contribution in [-0.2, 0) is 31.5 Å². The molecule has 3 aromatic rings. The Morgan fingerprint density at radius 2 is 1.30 bits per heavy atom. The molecule has 8 nitrogen and oxygen atoms in total. The number of benzene rings is 3. The van der Waals surface area contributed by atoms with Crippen molar-refractivity contribution in [3.63, 3.8) is 0 Å². The molecule has 0 bridgehead atoms. The second-order valence-corrected chi connectivity index (χ2v) is 15.2. The van der Waals surface area contributed by atoms with Crippen LogP contribution in [0.4, 0.5) is 59.7 Å². The molecule has 22 heteroatoms. The van der Waals surface area contributed by atoms with Crippen LogP contribution in [0.2, 0.25) is 5.02 Å². The number of fused-ring (bicyclic) bond motifs is 4. The lowest BCUT2D eigenvalue weighted by molar-refractivity contribution is -0.143. The van der Waals surface area contributed by atoms with Crippen molar-refractivity contribution in [2.24, 2.45) is 17.8 Å². The van der Waals surface area contributed by atoms with E-state index in [0.29, 0.717) is 0 Å². The molecule has 1 saturated carbocycles. The van der Waals surface area contributed by atoms with Gasteiger partial charge in [-0.1, -0.05) is 23.3 Å². The van der Waals surface area contributed by atoms with Gasteiger partial charge in [0.05, 0.1) is 40.8 Å². The van der Waals surface area contributed by atoms with Crippen molar-refractivity contribution in [3.8, 4) is 11.5 Å². The maximum absolute atomic E-state index is 15.3. The minimum absolute atomic E-state index is 0.0955. The number of phenolic OH excluding ortho intramolecular Hbond substituents is 1. The van der Waals surface area contributed by atoms with Gasteiger partial charge in [-0.25, -0.2) is 31.8 Å². The van der Waals surface area contributed by atoms with Gasteiger partial charge in [0.25, 0.3) is 11.8 Å². The summed E-state index contributed by atoms with van der Waals surface area (Å²) in [6, 6.07) is 2.02. The third-order valence-corrected chi connectivity index (χ3v) is 12.4. The number of allylic oxidation sites excluding steroid dienone is 2. The predicted octanol–water partition coefficient (Wildman–Crippen LogP) is 8.56. The second kappa shape index (κ2) is 12.9. The molecule has 6 unspecified atom stereocenters. The number of hydrogen-bond acceptors (Lipinski definition) is 6. The van der Waals surface area contributed by atoms with E-state index in [1.807, 2.05) is 0 Å². The second-order valence-electron chi connectivity index (χ2n) is 13.5. The number of methoxy groups -OCH3 is 1. The first kappa shape index (κ1) is 40.6. The number of imide groups is 2. The largest absolute Gasteiger partial charge is 0.503 e. The average molecular weight is 878 g/mol. The summed E-state index contributed by atoms with van der Waals surface area (Å²) in [7, 11) is 1.05. The van der Waals surface area contributed by atoms with E-state index in [0.717, 1.165) is 19.2 Å². The molecule has 2 saturated heterocycles. The fraction of sp³-hybridized carbons (Fsp3) is 0.314. The zero-order valence-electron chi connectivity index (χ0n) is 27.9. The van der Waals surface area contributed by atoms with Gasteiger partial charge in [0, 0.05) is 5.92 Å². The zero-order chi connectivity index (χ0) is 42.2. The van der Waals surface area contributed by atoms with Crippen molar-refractivity contribution >= 4 is 69.8 Å². The number of amides is 4. The molecule has 0 spiro atoms. The minimum Gasteiger partial charge on any atom is -0.503 e. The normalized spacial score (nSPS) is 27.5. The zero-order valence-corrected chi connectivity index (χ0v) is 30.1. The molecule has 57 heavy (non-hydrogen) atoms. The summed E-state index contributed by atoms with van der Waals surface area (Å²) in [6.45, 7) is 0. The molecular weight excluding hydrogens is 860 g/mol. The summed E-state index contributed by atoms with van der Waals surface area (Å²) >= 11 is 20.2. The van der Waals surface area contributed by atoms with Gasteiger partial charge in [-0.2, -0.15) is 26.3 Å². The van der Waals surface area contributed by atoms with Gasteiger partial charge < -0.3 is 9.84 Å². The smallest absolute Gasteiger partial charge is 0.416 e. The van der Waals surface area contributed by atoms with Gasteiger partial charge in [-0.3, -0.25) is 19.2 Å². The van der Waals surface area contributed by atoms with Crippen LogP contribution in [-0.4, -0.2) is 45.6 Å². The molecule has 2 heterocycles. The highest BCUT2D eigenvalue weighted by Gasteiger charge is 2.77. The molecule has 0 aromatic heterocycles. The first-order chi connectivity index (χ1) is 26.3. The monoisotopic (exact) mass is 876 g/mol. The van der Waals surface area contributed by atoms with Crippen LogP contribution in [0.5, 0.6) is 11.5 Å². The predicted molar refractivity (Wildman–Crippen MR) is 175 cm³/mol. The molecule has 302 valence electrons. The maximum atomic E-state index is 15.3. The highest BCUT2D eigenvalue weighted by atomic mass is 35.5. The van der Waals surface area contributed by atoms with Crippen molar-refractivity contribution in [3.05, 3.63) is 92.8 Å². The molecular formula is C35H18Cl3F11N2O6. The standard InChI is InChI=1S/C35H18Cl3F11N2O6/c1-57-18-5-10(4-17(36)27(18)52)20-14-2-3-15-19(29(54)50(28(15)53)13-7-11(34(44,45)46)6-12(8-13)35(47,48)49)16(14)9-32(37)30(55)51(31(56)33(20,32)38)26-24(42)22(40)21(39)23(41)25(26)43/h2,4-8,15-16,19-20,52H,3,9H2,1H3. The van der Waals surface area contributed by atoms with E-state index in [4.69, 9.17) is 39.5 Å². The van der Waals surface area contributed by atoms with Crippen molar-refractivity contribution in [2.45, 2.75) is 40.9 Å². The average Bonchev–Trinajstić information content (AvgIpc) is 3.48. The number of aromatic hydroxyl groups is 1. The fourth-order valence-corrected chi connectivity index (χ4v) is 9.33. The molecule has 2 aliphatic heterocycles. The number of anilines is 2. The molecule has 6 atom stereocenters. The van der Waals surface area contributed by atoms with Crippen molar-refractivity contribution in [2.75, 3.05) is 16.9 Å². The fourth-order valence-electron chi connectivity index (χ4n) is 8.18. The summed E-state index contributed by atoms with van der Waals surface area (Å²) in [5.41, 5.74) is -7.35. The van der Waals surface area contributed by atoms with Crippen LogP contribution in [0.25, 0.3) is 0 Å². The third kappa shape index (κ3) is 5.54. The first-order valence-corrected chi connectivity index (χ1v) is 17.2. The molecule has 3 fully saturated rings. The number of nitrogens with zero attached hydrogens (tertiary/aromatic N) is 2. The molecule has 2 aliphatic carbocycles. The van der Waals surface area contributed by atoms with Crippen molar-refractivity contribution in [1.29, 1.82) is 0 Å². The van der Waals surface area contributed by atoms with Crippen LogP contribution in [0.1, 0.15) is 35.4 Å². The van der Waals surface area contributed by atoms with Gasteiger partial charge in [-0.05, 0) is 54.7 Å². The molecule has 1 N–H and O–H groups in total. The van der Waals surface area contributed by atoms with E-state index in [-0.39, 0.29) is 34.2 Å². The minimum atomic E-state index is -5.39. The van der Waals surface area contributed by atoms with E-state index >= 15 is 8.78 Å². The highest BCUT2D eigenvalue weighted by molar-refractivity contribution is 6.58. The summed E-state index contributed by atoms with van der Waals surface area (Å²) in [5, 5.41) is 9.96. The Bertz CT molecular complexity index is 2330. The van der Waals surface area contributed by atoms with E-state index < -0.39 is 155 Å². The highest BCUT2D eigenvalue weighted by Crippen LogP contribution is 2.66. The quantitative estimate of drug-likeness (QED) is 0.0704. The lowest BCUT2D eigenvalue weighted by atomic mass is 9.56. The Hall–Kier alpha value is -4.62. The number of ether oxygens (including phenoxy) is 1. The SMILES string of the molecule is COc1cc(C2C3=CCC4C(=O)N(c5cc(C(F)(F)F)cc(C(F)(F)F)c5)C(=O)C4C3CC3(Cl)C(=O)N(c4c(F)c(F)c(F)c(F)c4F)C(=O)C23Cl)cc(Cl)c1O. The molecule has 7 rings (SSSR count). The molecule has 3 aromatic carbocycles. The van der Waals surface area contributed by atoms with Gasteiger partial charge in [0.2, 0.25) is 17.6 Å². The maximum Gasteiger partial charge on any atom is 0.416 e. The number of alkyl halides is 8. The van der Waals surface area contributed by atoms with Gasteiger partial charge >= 0.3 is 12.4 Å². The Kier molecular flexibility index (Phi) is 9.21. The third-order valence-electron chi connectivity index (χ3n) is 10.7. The number of halogens is 14.